The fourth-order valence-corrected chi connectivity index (χ4v) is 2.61. The molecule has 1 aliphatic rings. The summed E-state index contributed by atoms with van der Waals surface area (Å²) in [6, 6.07) is 9.67. The van der Waals surface area contributed by atoms with Crippen LogP contribution in [-0.2, 0) is 0 Å². The zero-order valence-corrected chi connectivity index (χ0v) is 14.5. The number of benzene rings is 1. The Kier molecular flexibility index (Phi) is 4.85. The molecule has 0 saturated heterocycles. The fourth-order valence-electron chi connectivity index (χ4n) is 2.61. The monoisotopic (exact) mass is 328 g/mol. The maximum atomic E-state index is 12.4. The van der Waals surface area contributed by atoms with E-state index in [2.05, 4.69) is 10.4 Å². The van der Waals surface area contributed by atoms with Crippen LogP contribution in [0.25, 0.3) is 5.69 Å². The highest BCUT2D eigenvalue weighted by Gasteiger charge is 2.29. The van der Waals surface area contributed by atoms with Crippen LogP contribution in [-0.4, -0.2) is 54.9 Å². The highest BCUT2D eigenvalue weighted by Crippen LogP contribution is 2.41. The normalized spacial score (nSPS) is 14.0. The number of amides is 1. The van der Waals surface area contributed by atoms with Gasteiger partial charge in [0, 0.05) is 30.8 Å². The number of hydrogen-bond acceptors (Lipinski definition) is 4. The number of carbonyl (C=O) groups excluding carboxylic acids is 1. The van der Waals surface area contributed by atoms with Crippen molar-refractivity contribution in [3.05, 3.63) is 41.7 Å². The zero-order chi connectivity index (χ0) is 17.1. The summed E-state index contributed by atoms with van der Waals surface area (Å²) in [7, 11) is 5.61. The smallest absolute Gasteiger partial charge is 0.271 e. The Morgan fingerprint density at radius 1 is 1.38 bits per heavy atom. The molecule has 1 saturated carbocycles. The molecule has 0 bridgehead atoms. The predicted molar refractivity (Wildman–Crippen MR) is 93.0 cm³/mol. The minimum atomic E-state index is -0.125. The third-order valence-electron chi connectivity index (χ3n) is 4.11. The molecule has 0 unspecified atom stereocenters. The van der Waals surface area contributed by atoms with Gasteiger partial charge in [0.05, 0.1) is 12.8 Å². The molecule has 0 aliphatic heterocycles. The molecule has 128 valence electrons. The Balaban J connectivity index is 1.84. The lowest BCUT2D eigenvalue weighted by Crippen LogP contribution is -2.31. The summed E-state index contributed by atoms with van der Waals surface area (Å²) >= 11 is 0. The lowest BCUT2D eigenvalue weighted by atomic mass is 10.2. The number of hydrogen-bond donors (Lipinski definition) is 1. The van der Waals surface area contributed by atoms with Crippen molar-refractivity contribution in [2.75, 3.05) is 34.3 Å². The summed E-state index contributed by atoms with van der Waals surface area (Å²) in [6.45, 7) is 1.41. The van der Waals surface area contributed by atoms with Crippen molar-refractivity contribution in [3.63, 3.8) is 0 Å². The van der Waals surface area contributed by atoms with E-state index in [1.807, 2.05) is 54.0 Å². The summed E-state index contributed by atoms with van der Waals surface area (Å²) in [5.41, 5.74) is 2.49. The minimum absolute atomic E-state index is 0.125. The van der Waals surface area contributed by atoms with Crippen LogP contribution < -0.4 is 10.1 Å². The minimum Gasteiger partial charge on any atom is -0.497 e. The van der Waals surface area contributed by atoms with E-state index in [-0.39, 0.29) is 5.91 Å². The van der Waals surface area contributed by atoms with E-state index >= 15 is 0 Å². The molecule has 1 fully saturated rings. The Morgan fingerprint density at radius 2 is 2.17 bits per heavy atom. The molecule has 0 radical (unpaired) electrons. The molecule has 1 heterocycles. The van der Waals surface area contributed by atoms with Gasteiger partial charge >= 0.3 is 0 Å². The molecule has 1 amide bonds. The highest BCUT2D eigenvalue weighted by atomic mass is 16.5. The van der Waals surface area contributed by atoms with Gasteiger partial charge in [-0.1, -0.05) is 6.07 Å². The van der Waals surface area contributed by atoms with Crippen LogP contribution in [0.2, 0.25) is 0 Å². The summed E-state index contributed by atoms with van der Waals surface area (Å²) in [4.78, 5) is 14.4. The first kappa shape index (κ1) is 16.5. The van der Waals surface area contributed by atoms with Gasteiger partial charge < -0.3 is 15.0 Å². The standard InChI is InChI=1S/C18H24N4O2/c1-21(2)10-9-19-18(23)16-12-17(13-7-8-13)22(20-16)14-5-4-6-15(11-14)24-3/h4-6,11-13H,7-10H2,1-3H3,(H,19,23). The average Bonchev–Trinajstić information content (AvgIpc) is 3.32. The lowest BCUT2D eigenvalue weighted by Gasteiger charge is -2.09. The second-order valence-corrected chi connectivity index (χ2v) is 6.40. The second-order valence-electron chi connectivity index (χ2n) is 6.40. The molecule has 0 spiro atoms. The molecule has 1 aromatic carbocycles. The van der Waals surface area contributed by atoms with E-state index < -0.39 is 0 Å². The quantitative estimate of drug-likeness (QED) is 0.845. The molecular formula is C18H24N4O2. The fraction of sp³-hybridized carbons (Fsp3) is 0.444. The number of likely N-dealkylation sites (N-methyl/N-ethyl adjacent to an activating group) is 1. The molecule has 0 atom stereocenters. The molecule has 24 heavy (non-hydrogen) atoms. The van der Waals surface area contributed by atoms with Gasteiger partial charge in [-0.05, 0) is 45.1 Å². The van der Waals surface area contributed by atoms with Crippen LogP contribution in [0.5, 0.6) is 5.75 Å². The van der Waals surface area contributed by atoms with E-state index in [1.54, 1.807) is 7.11 Å². The molecule has 6 heteroatoms. The topological polar surface area (TPSA) is 59.4 Å². The molecule has 3 rings (SSSR count). The van der Waals surface area contributed by atoms with Crippen molar-refractivity contribution in [2.45, 2.75) is 18.8 Å². The third kappa shape index (κ3) is 3.76. The Labute approximate surface area is 142 Å². The number of aromatic nitrogens is 2. The summed E-state index contributed by atoms with van der Waals surface area (Å²) in [5.74, 6) is 1.15. The third-order valence-corrected chi connectivity index (χ3v) is 4.11. The average molecular weight is 328 g/mol. The first-order valence-electron chi connectivity index (χ1n) is 8.26. The van der Waals surface area contributed by atoms with Crippen LogP contribution in [0.4, 0.5) is 0 Å². The summed E-state index contributed by atoms with van der Waals surface area (Å²) in [5, 5.41) is 7.47. The maximum Gasteiger partial charge on any atom is 0.271 e. The van der Waals surface area contributed by atoms with Crippen LogP contribution >= 0.6 is 0 Å². The van der Waals surface area contributed by atoms with E-state index in [0.29, 0.717) is 18.2 Å². The van der Waals surface area contributed by atoms with Gasteiger partial charge in [0.2, 0.25) is 0 Å². The highest BCUT2D eigenvalue weighted by molar-refractivity contribution is 5.92. The number of methoxy groups -OCH3 is 1. The molecule has 1 N–H and O–H groups in total. The van der Waals surface area contributed by atoms with Gasteiger partial charge in [-0.15, -0.1) is 0 Å². The van der Waals surface area contributed by atoms with Crippen LogP contribution in [0.15, 0.2) is 30.3 Å². The van der Waals surface area contributed by atoms with Crippen LogP contribution in [0.1, 0.15) is 34.9 Å². The van der Waals surface area contributed by atoms with Crippen LogP contribution in [0, 0.1) is 0 Å². The van der Waals surface area contributed by atoms with E-state index in [1.165, 1.54) is 0 Å². The molecular weight excluding hydrogens is 304 g/mol. The molecule has 1 aliphatic carbocycles. The number of carbonyl (C=O) groups is 1. The predicted octanol–water partition coefficient (Wildman–Crippen LogP) is 2.05. The molecule has 1 aromatic heterocycles. The summed E-state index contributed by atoms with van der Waals surface area (Å²) < 4.78 is 7.17. The second kappa shape index (κ2) is 7.05. The van der Waals surface area contributed by atoms with Gasteiger partial charge in [-0.25, -0.2) is 4.68 Å². The van der Waals surface area contributed by atoms with Gasteiger partial charge in [-0.2, -0.15) is 5.10 Å². The van der Waals surface area contributed by atoms with Crippen molar-refractivity contribution in [2.24, 2.45) is 0 Å². The van der Waals surface area contributed by atoms with Crippen molar-refractivity contribution in [1.29, 1.82) is 0 Å². The van der Waals surface area contributed by atoms with Gasteiger partial charge in [0.15, 0.2) is 5.69 Å². The van der Waals surface area contributed by atoms with Crippen molar-refractivity contribution < 1.29 is 9.53 Å². The number of ether oxygens (including phenoxy) is 1. The van der Waals surface area contributed by atoms with Gasteiger partial charge in [0.25, 0.3) is 5.91 Å². The van der Waals surface area contributed by atoms with E-state index in [4.69, 9.17) is 4.74 Å². The van der Waals surface area contributed by atoms with Crippen LogP contribution in [0.3, 0.4) is 0 Å². The summed E-state index contributed by atoms with van der Waals surface area (Å²) in [6.07, 6.45) is 2.30. The number of nitrogens with one attached hydrogen (secondary N) is 1. The largest absolute Gasteiger partial charge is 0.497 e. The van der Waals surface area contributed by atoms with E-state index in [0.717, 1.165) is 36.5 Å². The SMILES string of the molecule is COc1cccc(-n2nc(C(=O)NCCN(C)C)cc2C2CC2)c1. The van der Waals surface area contributed by atoms with Crippen molar-refractivity contribution >= 4 is 5.91 Å². The number of rotatable bonds is 7. The Morgan fingerprint density at radius 3 is 2.83 bits per heavy atom. The number of nitrogens with zero attached hydrogens (tertiary/aromatic N) is 3. The Bertz CT molecular complexity index is 720. The first-order valence-corrected chi connectivity index (χ1v) is 8.26. The molecule has 6 nitrogen and oxygen atoms in total. The van der Waals surface area contributed by atoms with Crippen molar-refractivity contribution in [3.8, 4) is 11.4 Å². The van der Waals surface area contributed by atoms with Crippen molar-refractivity contribution in [1.82, 2.24) is 20.0 Å². The van der Waals surface area contributed by atoms with Gasteiger partial charge in [-0.3, -0.25) is 4.79 Å². The van der Waals surface area contributed by atoms with Gasteiger partial charge in [0.1, 0.15) is 5.75 Å². The van der Waals surface area contributed by atoms with E-state index in [9.17, 15) is 4.79 Å². The first-order chi connectivity index (χ1) is 11.6. The molecule has 2 aromatic rings. The maximum absolute atomic E-state index is 12.4. The lowest BCUT2D eigenvalue weighted by molar-refractivity contribution is 0.0945. The Hall–Kier alpha value is -2.34. The zero-order valence-electron chi connectivity index (χ0n) is 14.5.